The average molecular weight is 350 g/mol. The van der Waals surface area contributed by atoms with Crippen molar-refractivity contribution in [2.24, 2.45) is 0 Å². The Bertz CT molecular complexity index is 672. The van der Waals surface area contributed by atoms with E-state index in [0.717, 1.165) is 11.1 Å². The van der Waals surface area contributed by atoms with Crippen LogP contribution < -0.4 is 0 Å². The van der Waals surface area contributed by atoms with Crippen molar-refractivity contribution >= 4 is 11.9 Å². The zero-order chi connectivity index (χ0) is 18.8. The lowest BCUT2D eigenvalue weighted by Crippen LogP contribution is -2.24. The first-order valence-electron chi connectivity index (χ1n) is 8.39. The molecule has 0 aliphatic carbocycles. The smallest absolute Gasteiger partial charge is 0.418 e. The summed E-state index contributed by atoms with van der Waals surface area (Å²) in [4.78, 5) is 24.4. The maximum atomic E-state index is 12.2. The van der Waals surface area contributed by atoms with E-state index in [-0.39, 0.29) is 0 Å². The largest absolute Gasteiger partial charge is 0.449 e. The van der Waals surface area contributed by atoms with Gasteiger partial charge in [-0.25, -0.2) is 9.59 Å². The molecule has 4 nitrogen and oxygen atoms in total. The highest BCUT2D eigenvalue weighted by Crippen LogP contribution is 2.24. The van der Waals surface area contributed by atoms with E-state index in [1.807, 2.05) is 60.7 Å². The second-order valence-corrected chi connectivity index (χ2v) is 5.66. The summed E-state index contributed by atoms with van der Waals surface area (Å²) >= 11 is 0. The Hall–Kier alpha value is -3.14. The van der Waals surface area contributed by atoms with Gasteiger partial charge < -0.3 is 9.47 Å². The van der Waals surface area contributed by atoms with Crippen molar-refractivity contribution < 1.29 is 19.1 Å². The zero-order valence-corrected chi connectivity index (χ0v) is 14.5. The normalized spacial score (nSPS) is 12.5. The number of hydrogen-bond acceptors (Lipinski definition) is 4. The van der Waals surface area contributed by atoms with Gasteiger partial charge in [-0.1, -0.05) is 72.8 Å². The van der Waals surface area contributed by atoms with Gasteiger partial charge in [-0.05, 0) is 11.1 Å². The van der Waals surface area contributed by atoms with Gasteiger partial charge in [0.15, 0.2) is 0 Å². The van der Waals surface area contributed by atoms with E-state index >= 15 is 0 Å². The minimum absolute atomic E-state index is 0.401. The molecule has 2 unspecified atom stereocenters. The molecule has 0 fully saturated rings. The minimum Gasteiger partial charge on any atom is -0.449 e. The standard InChI is InChI=1S/C22H22O4/c1-3-11-19(17-13-7-5-8-14-17)25-21(23)22(24)26-20(12-4-2)18-15-9-6-10-16-18/h3-10,13-16,19-20H,1-2,11-12H2. The summed E-state index contributed by atoms with van der Waals surface area (Å²) in [5.74, 6) is -2.05. The van der Waals surface area contributed by atoms with Gasteiger partial charge in [0.2, 0.25) is 0 Å². The molecular weight excluding hydrogens is 328 g/mol. The minimum atomic E-state index is -1.02. The van der Waals surface area contributed by atoms with Crippen LogP contribution in [0, 0.1) is 0 Å². The predicted molar refractivity (Wildman–Crippen MR) is 100 cm³/mol. The molecule has 2 atom stereocenters. The molecule has 2 aromatic rings. The molecule has 134 valence electrons. The quantitative estimate of drug-likeness (QED) is 0.393. The molecule has 0 bridgehead atoms. The van der Waals surface area contributed by atoms with Gasteiger partial charge in [-0.3, -0.25) is 0 Å². The van der Waals surface area contributed by atoms with Crippen LogP contribution in [0.5, 0.6) is 0 Å². The van der Waals surface area contributed by atoms with E-state index in [4.69, 9.17) is 9.47 Å². The number of benzene rings is 2. The fourth-order valence-corrected chi connectivity index (χ4v) is 2.50. The third-order valence-corrected chi connectivity index (χ3v) is 3.77. The third kappa shape index (κ3) is 5.45. The van der Waals surface area contributed by atoms with Crippen molar-refractivity contribution in [1.29, 1.82) is 0 Å². The molecule has 26 heavy (non-hydrogen) atoms. The first-order valence-corrected chi connectivity index (χ1v) is 8.39. The summed E-state index contributed by atoms with van der Waals surface area (Å²) in [6.07, 6.45) is 2.92. The van der Waals surface area contributed by atoms with Gasteiger partial charge >= 0.3 is 11.9 Å². The first-order chi connectivity index (χ1) is 12.7. The Labute approximate surface area is 153 Å². The van der Waals surface area contributed by atoms with Gasteiger partial charge in [0.25, 0.3) is 0 Å². The second kappa shape index (κ2) is 9.99. The highest BCUT2D eigenvalue weighted by molar-refractivity contribution is 6.29. The lowest BCUT2D eigenvalue weighted by atomic mass is 10.1. The molecule has 0 aromatic heterocycles. The first kappa shape index (κ1) is 19.2. The van der Waals surface area contributed by atoms with Crippen LogP contribution >= 0.6 is 0 Å². The van der Waals surface area contributed by atoms with Crippen molar-refractivity contribution in [3.8, 4) is 0 Å². The van der Waals surface area contributed by atoms with Gasteiger partial charge in [0, 0.05) is 12.8 Å². The zero-order valence-electron chi connectivity index (χ0n) is 14.5. The number of ether oxygens (including phenoxy) is 2. The Morgan fingerprint density at radius 3 is 1.38 bits per heavy atom. The molecule has 4 heteroatoms. The van der Waals surface area contributed by atoms with Crippen molar-refractivity contribution in [2.45, 2.75) is 25.0 Å². The Kier molecular flexibility index (Phi) is 7.37. The highest BCUT2D eigenvalue weighted by Gasteiger charge is 2.26. The molecule has 0 radical (unpaired) electrons. The van der Waals surface area contributed by atoms with Crippen molar-refractivity contribution in [1.82, 2.24) is 0 Å². The van der Waals surface area contributed by atoms with Crippen molar-refractivity contribution in [2.75, 3.05) is 0 Å². The van der Waals surface area contributed by atoms with Crippen LogP contribution in [0.15, 0.2) is 86.0 Å². The number of carbonyl (C=O) groups is 2. The maximum absolute atomic E-state index is 12.2. The summed E-state index contributed by atoms with van der Waals surface area (Å²) in [5.41, 5.74) is 1.58. The molecule has 0 heterocycles. The van der Waals surface area contributed by atoms with E-state index in [1.165, 1.54) is 0 Å². The van der Waals surface area contributed by atoms with Crippen LogP contribution in [0.4, 0.5) is 0 Å². The van der Waals surface area contributed by atoms with E-state index < -0.39 is 24.1 Å². The summed E-state index contributed by atoms with van der Waals surface area (Å²) in [7, 11) is 0. The molecule has 2 rings (SSSR count). The van der Waals surface area contributed by atoms with Crippen LogP contribution in [0.25, 0.3) is 0 Å². The fourth-order valence-electron chi connectivity index (χ4n) is 2.50. The number of carbonyl (C=O) groups excluding carboxylic acids is 2. The van der Waals surface area contributed by atoms with Crippen LogP contribution in [0.2, 0.25) is 0 Å². The lowest BCUT2D eigenvalue weighted by Gasteiger charge is -2.19. The van der Waals surface area contributed by atoms with Gasteiger partial charge in [0.1, 0.15) is 12.2 Å². The average Bonchev–Trinajstić information content (AvgIpc) is 2.68. The number of hydrogen-bond donors (Lipinski definition) is 0. The number of esters is 2. The Morgan fingerprint density at radius 1 is 0.731 bits per heavy atom. The molecule has 0 spiro atoms. The monoisotopic (exact) mass is 350 g/mol. The summed E-state index contributed by atoms with van der Waals surface area (Å²) in [5, 5.41) is 0. The van der Waals surface area contributed by atoms with E-state index in [1.54, 1.807) is 12.2 Å². The van der Waals surface area contributed by atoms with E-state index in [2.05, 4.69) is 13.2 Å². The van der Waals surface area contributed by atoms with Gasteiger partial charge in [0.05, 0.1) is 0 Å². The predicted octanol–water partition coefficient (Wildman–Crippen LogP) is 4.71. The van der Waals surface area contributed by atoms with E-state index in [9.17, 15) is 9.59 Å². The molecule has 0 aliphatic heterocycles. The molecule has 0 amide bonds. The number of rotatable bonds is 8. The third-order valence-electron chi connectivity index (χ3n) is 3.77. The van der Waals surface area contributed by atoms with Crippen LogP contribution in [0.3, 0.4) is 0 Å². The van der Waals surface area contributed by atoms with Crippen molar-refractivity contribution in [3.05, 3.63) is 97.1 Å². The molecule has 0 saturated heterocycles. The highest BCUT2D eigenvalue weighted by atomic mass is 16.6. The van der Waals surface area contributed by atoms with Crippen LogP contribution in [0.1, 0.15) is 36.2 Å². The molecule has 0 aliphatic rings. The lowest BCUT2D eigenvalue weighted by molar-refractivity contribution is -0.174. The summed E-state index contributed by atoms with van der Waals surface area (Å²) in [6.45, 7) is 7.34. The Morgan fingerprint density at radius 2 is 1.08 bits per heavy atom. The van der Waals surface area contributed by atoms with Crippen LogP contribution in [-0.2, 0) is 19.1 Å². The van der Waals surface area contributed by atoms with E-state index in [0.29, 0.717) is 12.8 Å². The van der Waals surface area contributed by atoms with Crippen LogP contribution in [-0.4, -0.2) is 11.9 Å². The molecule has 0 saturated carbocycles. The fraction of sp³-hybridized carbons (Fsp3) is 0.182. The molecular formula is C22H22O4. The van der Waals surface area contributed by atoms with Gasteiger partial charge in [-0.15, -0.1) is 13.2 Å². The summed E-state index contributed by atoms with van der Waals surface area (Å²) in [6, 6.07) is 18.4. The van der Waals surface area contributed by atoms with Gasteiger partial charge in [-0.2, -0.15) is 0 Å². The SMILES string of the molecule is C=CCC(OC(=O)C(=O)OC(CC=C)c1ccccc1)c1ccccc1. The summed E-state index contributed by atoms with van der Waals surface area (Å²) < 4.78 is 10.7. The Balaban J connectivity index is 2.06. The topological polar surface area (TPSA) is 52.6 Å². The second-order valence-electron chi connectivity index (χ2n) is 5.66. The molecule has 2 aromatic carbocycles. The van der Waals surface area contributed by atoms with Crippen molar-refractivity contribution in [3.63, 3.8) is 0 Å². The maximum Gasteiger partial charge on any atom is 0.418 e. The molecule has 0 N–H and O–H groups in total.